The van der Waals surface area contributed by atoms with E-state index in [4.69, 9.17) is 30.6 Å². The first-order chi connectivity index (χ1) is 13.1. The summed E-state index contributed by atoms with van der Waals surface area (Å²) in [6, 6.07) is 0. The largest absolute Gasteiger partial charge is 0.481 e. The molecule has 0 aliphatic carbocycles. The van der Waals surface area contributed by atoms with Gasteiger partial charge in [0.1, 0.15) is 0 Å². The van der Waals surface area contributed by atoms with Crippen LogP contribution < -0.4 is 0 Å². The number of rotatable bonds is 13. The molecule has 0 amide bonds. The Hall–Kier alpha value is -1.22. The molecule has 0 aromatic rings. The zero-order valence-corrected chi connectivity index (χ0v) is 17.9. The van der Waals surface area contributed by atoms with Crippen LogP contribution in [-0.2, 0) is 9.59 Å². The number of aliphatic hydroxyl groups is 4. The Balaban J connectivity index is -0.000000336. The van der Waals surface area contributed by atoms with Crippen LogP contribution in [0, 0.1) is 17.3 Å². The minimum atomic E-state index is -1.11. The third kappa shape index (κ3) is 19.5. The van der Waals surface area contributed by atoms with E-state index in [2.05, 4.69) is 20.8 Å². The smallest absolute Gasteiger partial charge is 0.306 e. The highest BCUT2D eigenvalue weighted by molar-refractivity contribution is 5.69. The summed E-state index contributed by atoms with van der Waals surface area (Å²) in [6.45, 7) is 6.58. The van der Waals surface area contributed by atoms with Crippen LogP contribution >= 0.6 is 0 Å². The Morgan fingerprint density at radius 1 is 0.821 bits per heavy atom. The minimum Gasteiger partial charge on any atom is -0.481 e. The lowest BCUT2D eigenvalue weighted by atomic mass is 9.93. The van der Waals surface area contributed by atoms with Gasteiger partial charge in [0.25, 0.3) is 0 Å². The zero-order valence-electron chi connectivity index (χ0n) is 17.9. The highest BCUT2D eigenvalue weighted by Crippen LogP contribution is 2.12. The fraction of sp³-hybridized carbons (Fsp3) is 0.900. The predicted octanol–water partition coefficient (Wildman–Crippen LogP) is 2.13. The Labute approximate surface area is 169 Å². The van der Waals surface area contributed by atoms with Gasteiger partial charge in [-0.3, -0.25) is 9.59 Å². The van der Waals surface area contributed by atoms with Crippen molar-refractivity contribution in [3.63, 3.8) is 0 Å². The topological polar surface area (TPSA) is 156 Å². The Morgan fingerprint density at radius 2 is 1.29 bits per heavy atom. The molecule has 0 rings (SSSR count). The number of aliphatic carboxylic acids is 2. The molecule has 0 heterocycles. The Kier molecular flexibility index (Phi) is 23.1. The van der Waals surface area contributed by atoms with Crippen molar-refractivity contribution in [3.8, 4) is 0 Å². The molecule has 0 saturated heterocycles. The average Bonchev–Trinajstić information content (AvgIpc) is 2.65. The molecule has 0 aromatic carbocycles. The van der Waals surface area contributed by atoms with E-state index in [-0.39, 0.29) is 5.92 Å². The van der Waals surface area contributed by atoms with Crippen LogP contribution in [0.15, 0.2) is 0 Å². The molecule has 28 heavy (non-hydrogen) atoms. The van der Waals surface area contributed by atoms with Crippen molar-refractivity contribution in [2.45, 2.75) is 72.6 Å². The molecule has 0 aromatic heterocycles. The first-order valence-electron chi connectivity index (χ1n) is 9.97. The minimum absolute atomic E-state index is 0.111. The van der Waals surface area contributed by atoms with Crippen molar-refractivity contribution >= 4 is 11.9 Å². The summed E-state index contributed by atoms with van der Waals surface area (Å²) in [5, 5.41) is 50.8. The lowest BCUT2D eigenvalue weighted by molar-refractivity contribution is -0.142. The lowest BCUT2D eigenvalue weighted by Gasteiger charge is -2.23. The highest BCUT2D eigenvalue weighted by Gasteiger charge is 2.26. The second-order valence-corrected chi connectivity index (χ2v) is 7.40. The molecule has 0 bridgehead atoms. The number of aliphatic hydroxyl groups excluding tert-OH is 4. The van der Waals surface area contributed by atoms with Crippen molar-refractivity contribution in [3.05, 3.63) is 0 Å². The summed E-state index contributed by atoms with van der Waals surface area (Å²) in [6.07, 6.45) is 5.86. The van der Waals surface area contributed by atoms with E-state index in [1.165, 1.54) is 0 Å². The van der Waals surface area contributed by atoms with Gasteiger partial charge in [-0.05, 0) is 25.2 Å². The van der Waals surface area contributed by atoms with Crippen molar-refractivity contribution < 1.29 is 40.2 Å². The monoisotopic (exact) mass is 410 g/mol. The number of unbranched alkanes of at least 4 members (excludes halogenated alkanes) is 1. The first kappa shape index (κ1) is 31.5. The van der Waals surface area contributed by atoms with E-state index in [9.17, 15) is 9.59 Å². The molecule has 0 radical (unpaired) electrons. The van der Waals surface area contributed by atoms with Gasteiger partial charge in [0.15, 0.2) is 0 Å². The molecule has 6 N–H and O–H groups in total. The maximum Gasteiger partial charge on any atom is 0.306 e. The second-order valence-electron chi connectivity index (χ2n) is 7.40. The van der Waals surface area contributed by atoms with E-state index >= 15 is 0 Å². The van der Waals surface area contributed by atoms with Gasteiger partial charge >= 0.3 is 11.9 Å². The normalized spacial score (nSPS) is 11.8. The molecular weight excluding hydrogens is 368 g/mol. The summed E-state index contributed by atoms with van der Waals surface area (Å²) in [5.41, 5.74) is -1.11. The van der Waals surface area contributed by atoms with E-state index in [0.717, 1.165) is 38.5 Å². The maximum atomic E-state index is 10.4. The zero-order chi connectivity index (χ0) is 22.6. The quantitative estimate of drug-likeness (QED) is 0.270. The molecule has 8 heteroatoms. The van der Waals surface area contributed by atoms with Gasteiger partial charge in [-0.2, -0.15) is 0 Å². The number of hydrogen-bond donors (Lipinski definition) is 6. The summed E-state index contributed by atoms with van der Waals surface area (Å²) in [5.74, 6) is -0.809. The van der Waals surface area contributed by atoms with Gasteiger partial charge in [-0.25, -0.2) is 0 Å². The Morgan fingerprint density at radius 3 is 1.50 bits per heavy atom. The van der Waals surface area contributed by atoms with Crippen molar-refractivity contribution in [2.75, 3.05) is 26.4 Å². The van der Waals surface area contributed by atoms with Crippen molar-refractivity contribution in [1.82, 2.24) is 0 Å². The summed E-state index contributed by atoms with van der Waals surface area (Å²) in [7, 11) is 0. The predicted molar refractivity (Wildman–Crippen MR) is 108 cm³/mol. The SMILES string of the molecule is CC(C)CCCC(=O)O.CCCCC(CC)C(=O)O.OCC(CO)(CO)CO. The number of carboxylic acids is 2. The summed E-state index contributed by atoms with van der Waals surface area (Å²) < 4.78 is 0. The van der Waals surface area contributed by atoms with Gasteiger partial charge < -0.3 is 30.6 Å². The fourth-order valence-electron chi connectivity index (χ4n) is 1.91. The van der Waals surface area contributed by atoms with E-state index in [0.29, 0.717) is 12.3 Å². The van der Waals surface area contributed by atoms with E-state index in [1.54, 1.807) is 0 Å². The molecule has 0 aliphatic rings. The van der Waals surface area contributed by atoms with Gasteiger partial charge in [-0.1, -0.05) is 47.0 Å². The molecule has 0 spiro atoms. The summed E-state index contributed by atoms with van der Waals surface area (Å²) in [4.78, 5) is 20.4. The van der Waals surface area contributed by atoms with Gasteiger partial charge in [0.2, 0.25) is 0 Å². The molecule has 0 saturated carbocycles. The van der Waals surface area contributed by atoms with Crippen LogP contribution in [0.5, 0.6) is 0 Å². The van der Waals surface area contributed by atoms with Crippen LogP contribution in [0.1, 0.15) is 72.6 Å². The molecular formula is C20H42O8. The Bertz CT molecular complexity index is 350. The van der Waals surface area contributed by atoms with Crippen LogP contribution in [-0.4, -0.2) is 69.0 Å². The van der Waals surface area contributed by atoms with Gasteiger partial charge in [0, 0.05) is 6.42 Å². The third-order valence-electron chi connectivity index (χ3n) is 4.26. The second kappa shape index (κ2) is 20.5. The molecule has 1 atom stereocenters. The lowest BCUT2D eigenvalue weighted by Crippen LogP contribution is -2.37. The average molecular weight is 411 g/mol. The number of carboxylic acid groups (broad SMARTS) is 2. The molecule has 1 unspecified atom stereocenters. The number of carbonyl (C=O) groups is 2. The van der Waals surface area contributed by atoms with Gasteiger partial charge in [-0.15, -0.1) is 0 Å². The summed E-state index contributed by atoms with van der Waals surface area (Å²) >= 11 is 0. The maximum absolute atomic E-state index is 10.4. The van der Waals surface area contributed by atoms with Crippen LogP contribution in [0.2, 0.25) is 0 Å². The van der Waals surface area contributed by atoms with E-state index < -0.39 is 43.8 Å². The third-order valence-corrected chi connectivity index (χ3v) is 4.26. The van der Waals surface area contributed by atoms with Gasteiger partial charge in [0.05, 0.1) is 37.8 Å². The van der Waals surface area contributed by atoms with Crippen LogP contribution in [0.4, 0.5) is 0 Å². The standard InChI is InChI=1S/C8H16O2.C7H14O2.C5H12O4/c1-3-5-6-7(4-2)8(9)10;1-6(2)4-3-5-7(8)9;6-1-5(2-7,3-8)4-9/h7H,3-6H2,1-2H3,(H,9,10);6H,3-5H2,1-2H3,(H,8,9);6-9H,1-4H2. The van der Waals surface area contributed by atoms with Crippen molar-refractivity contribution in [2.24, 2.45) is 17.3 Å². The van der Waals surface area contributed by atoms with Crippen molar-refractivity contribution in [1.29, 1.82) is 0 Å². The van der Waals surface area contributed by atoms with E-state index in [1.807, 2.05) is 6.92 Å². The molecule has 8 nitrogen and oxygen atoms in total. The van der Waals surface area contributed by atoms with Crippen LogP contribution in [0.3, 0.4) is 0 Å². The molecule has 170 valence electrons. The number of hydrogen-bond acceptors (Lipinski definition) is 6. The first-order valence-corrected chi connectivity index (χ1v) is 9.97. The highest BCUT2D eigenvalue weighted by atomic mass is 16.4. The van der Waals surface area contributed by atoms with Crippen LogP contribution in [0.25, 0.3) is 0 Å². The molecule has 0 aliphatic heterocycles. The fourth-order valence-corrected chi connectivity index (χ4v) is 1.91. The molecule has 0 fully saturated rings.